The Labute approximate surface area is 133 Å². The highest BCUT2D eigenvalue weighted by Crippen LogP contribution is 2.10. The molecule has 116 valence electrons. The monoisotopic (exact) mass is 309 g/mol. The van der Waals surface area contributed by atoms with E-state index in [4.69, 9.17) is 0 Å². The molecule has 5 heteroatoms. The highest BCUT2D eigenvalue weighted by Gasteiger charge is 2.02. The van der Waals surface area contributed by atoms with E-state index < -0.39 is 0 Å². The van der Waals surface area contributed by atoms with Crippen LogP contribution in [0, 0.1) is 5.82 Å². The van der Waals surface area contributed by atoms with Gasteiger partial charge in [-0.3, -0.25) is 4.79 Å². The zero-order valence-corrected chi connectivity index (χ0v) is 12.4. The number of nitrogens with zero attached hydrogens (tertiary/aromatic N) is 1. The van der Waals surface area contributed by atoms with E-state index in [1.165, 1.54) is 18.2 Å². The third kappa shape index (κ3) is 4.03. The lowest BCUT2D eigenvalue weighted by molar-refractivity contribution is -0.116. The molecule has 0 spiro atoms. The first-order chi connectivity index (χ1) is 11.2. The minimum atomic E-state index is -0.294. The molecule has 2 N–H and O–H groups in total. The Balaban J connectivity index is 1.49. The predicted octanol–water partition coefficient (Wildman–Crippen LogP) is 3.07. The molecule has 0 atom stereocenters. The summed E-state index contributed by atoms with van der Waals surface area (Å²) in [6.45, 7) is 0.492. The standard InChI is InChI=1S/C18H16FN3O/c19-14-8-5-13(6-9-14)7-10-18(23)20-12-11-17-21-15-3-1-2-4-16(15)22-17/h1-10H,11-12H2,(H,20,23)(H,21,22)/b10-7+. The van der Waals surface area contributed by atoms with Crippen molar-refractivity contribution in [3.05, 3.63) is 71.8 Å². The number of H-pyrrole nitrogens is 1. The summed E-state index contributed by atoms with van der Waals surface area (Å²) in [6, 6.07) is 13.8. The van der Waals surface area contributed by atoms with E-state index >= 15 is 0 Å². The first-order valence-corrected chi connectivity index (χ1v) is 7.36. The van der Waals surface area contributed by atoms with E-state index in [0.717, 1.165) is 22.4 Å². The lowest BCUT2D eigenvalue weighted by atomic mass is 10.2. The molecule has 1 amide bonds. The van der Waals surface area contributed by atoms with Gasteiger partial charge in [0.1, 0.15) is 11.6 Å². The average molecular weight is 309 g/mol. The van der Waals surface area contributed by atoms with Crippen molar-refractivity contribution < 1.29 is 9.18 Å². The molecule has 0 saturated heterocycles. The van der Waals surface area contributed by atoms with E-state index in [2.05, 4.69) is 15.3 Å². The van der Waals surface area contributed by atoms with Crippen molar-refractivity contribution >= 4 is 23.0 Å². The molecule has 23 heavy (non-hydrogen) atoms. The number of fused-ring (bicyclic) bond motifs is 1. The van der Waals surface area contributed by atoms with E-state index in [1.807, 2.05) is 24.3 Å². The molecule has 4 nitrogen and oxygen atoms in total. The summed E-state index contributed by atoms with van der Waals surface area (Å²) in [5.74, 6) is 0.358. The van der Waals surface area contributed by atoms with E-state index in [1.54, 1.807) is 18.2 Å². The van der Waals surface area contributed by atoms with Crippen LogP contribution in [0.3, 0.4) is 0 Å². The first kappa shape index (κ1) is 15.0. The average Bonchev–Trinajstić information content (AvgIpc) is 2.97. The quantitative estimate of drug-likeness (QED) is 0.712. The molecule has 0 aliphatic carbocycles. The number of rotatable bonds is 5. The van der Waals surface area contributed by atoms with Gasteiger partial charge >= 0.3 is 0 Å². The van der Waals surface area contributed by atoms with Crippen LogP contribution in [-0.2, 0) is 11.2 Å². The minimum Gasteiger partial charge on any atom is -0.352 e. The van der Waals surface area contributed by atoms with Gasteiger partial charge in [0.25, 0.3) is 0 Å². The fourth-order valence-corrected chi connectivity index (χ4v) is 2.23. The van der Waals surface area contributed by atoms with Gasteiger partial charge in [0.2, 0.25) is 5.91 Å². The second kappa shape index (κ2) is 6.87. The second-order valence-electron chi connectivity index (χ2n) is 5.13. The summed E-state index contributed by atoms with van der Waals surface area (Å²) in [7, 11) is 0. The number of aromatic nitrogens is 2. The fourth-order valence-electron chi connectivity index (χ4n) is 2.23. The molecule has 3 rings (SSSR count). The number of imidazole rings is 1. The van der Waals surface area contributed by atoms with Crippen molar-refractivity contribution in [2.24, 2.45) is 0 Å². The van der Waals surface area contributed by atoms with Gasteiger partial charge < -0.3 is 10.3 Å². The summed E-state index contributed by atoms with van der Waals surface area (Å²) >= 11 is 0. The first-order valence-electron chi connectivity index (χ1n) is 7.36. The predicted molar refractivity (Wildman–Crippen MR) is 88.2 cm³/mol. The van der Waals surface area contributed by atoms with Crippen LogP contribution in [0.5, 0.6) is 0 Å². The number of carbonyl (C=O) groups excluding carboxylic acids is 1. The Hall–Kier alpha value is -2.95. The third-order valence-corrected chi connectivity index (χ3v) is 3.40. The van der Waals surface area contributed by atoms with Crippen molar-refractivity contribution in [1.29, 1.82) is 0 Å². The van der Waals surface area contributed by atoms with Crippen LogP contribution in [-0.4, -0.2) is 22.4 Å². The zero-order chi connectivity index (χ0) is 16.1. The number of aromatic amines is 1. The zero-order valence-electron chi connectivity index (χ0n) is 12.4. The van der Waals surface area contributed by atoms with Crippen LogP contribution in [0.4, 0.5) is 4.39 Å². The molecule has 0 radical (unpaired) electrons. The number of benzene rings is 2. The highest BCUT2D eigenvalue weighted by atomic mass is 19.1. The number of nitrogens with one attached hydrogen (secondary N) is 2. The van der Waals surface area contributed by atoms with Crippen molar-refractivity contribution in [3.8, 4) is 0 Å². The number of hydrogen-bond donors (Lipinski definition) is 2. The van der Waals surface area contributed by atoms with Crippen LogP contribution in [0.2, 0.25) is 0 Å². The molecule has 0 saturated carbocycles. The lowest BCUT2D eigenvalue weighted by Crippen LogP contribution is -2.23. The smallest absolute Gasteiger partial charge is 0.244 e. The van der Waals surface area contributed by atoms with Gasteiger partial charge in [0.05, 0.1) is 11.0 Å². The molecule has 1 heterocycles. The van der Waals surface area contributed by atoms with E-state index in [9.17, 15) is 9.18 Å². The lowest BCUT2D eigenvalue weighted by Gasteiger charge is -2.00. The van der Waals surface area contributed by atoms with Crippen LogP contribution in [0.15, 0.2) is 54.6 Å². The van der Waals surface area contributed by atoms with Gasteiger partial charge in [-0.1, -0.05) is 24.3 Å². The Morgan fingerprint density at radius 2 is 1.96 bits per heavy atom. The molecule has 0 fully saturated rings. The maximum atomic E-state index is 12.8. The Morgan fingerprint density at radius 3 is 2.74 bits per heavy atom. The number of carbonyl (C=O) groups is 1. The fraction of sp³-hybridized carbons (Fsp3) is 0.111. The second-order valence-corrected chi connectivity index (χ2v) is 5.13. The molecule has 0 bridgehead atoms. The van der Waals surface area contributed by atoms with E-state index in [0.29, 0.717) is 13.0 Å². The van der Waals surface area contributed by atoms with Gasteiger partial charge in [-0.15, -0.1) is 0 Å². The number of para-hydroxylation sites is 2. The number of halogens is 1. The minimum absolute atomic E-state index is 0.189. The van der Waals surface area contributed by atoms with Crippen molar-refractivity contribution in [2.45, 2.75) is 6.42 Å². The summed E-state index contributed by atoms with van der Waals surface area (Å²) in [4.78, 5) is 19.4. The summed E-state index contributed by atoms with van der Waals surface area (Å²) in [6.07, 6.45) is 3.71. The normalized spacial score (nSPS) is 11.2. The van der Waals surface area contributed by atoms with Crippen LogP contribution in [0.1, 0.15) is 11.4 Å². The Morgan fingerprint density at radius 1 is 1.17 bits per heavy atom. The van der Waals surface area contributed by atoms with Crippen molar-refractivity contribution in [1.82, 2.24) is 15.3 Å². The topological polar surface area (TPSA) is 57.8 Å². The maximum Gasteiger partial charge on any atom is 0.244 e. The number of amides is 1. The molecule has 0 unspecified atom stereocenters. The third-order valence-electron chi connectivity index (χ3n) is 3.40. The summed E-state index contributed by atoms with van der Waals surface area (Å²) < 4.78 is 12.8. The van der Waals surface area contributed by atoms with Gasteiger partial charge in [-0.2, -0.15) is 0 Å². The van der Waals surface area contributed by atoms with Crippen molar-refractivity contribution in [2.75, 3.05) is 6.54 Å². The van der Waals surface area contributed by atoms with Crippen molar-refractivity contribution in [3.63, 3.8) is 0 Å². The molecule has 3 aromatic rings. The maximum absolute atomic E-state index is 12.8. The summed E-state index contributed by atoms with van der Waals surface area (Å²) in [5, 5.41) is 2.80. The summed E-state index contributed by atoms with van der Waals surface area (Å²) in [5.41, 5.74) is 2.69. The SMILES string of the molecule is O=C(/C=C/c1ccc(F)cc1)NCCc1nc2ccccc2[nH]1. The van der Waals surface area contributed by atoms with Gasteiger partial charge in [-0.05, 0) is 35.9 Å². The van der Waals surface area contributed by atoms with E-state index in [-0.39, 0.29) is 11.7 Å². The molecule has 0 aliphatic heterocycles. The van der Waals surface area contributed by atoms with Crippen LogP contribution in [0.25, 0.3) is 17.1 Å². The highest BCUT2D eigenvalue weighted by molar-refractivity contribution is 5.91. The van der Waals surface area contributed by atoms with Gasteiger partial charge in [0, 0.05) is 19.0 Å². The molecular weight excluding hydrogens is 293 g/mol. The van der Waals surface area contributed by atoms with Gasteiger partial charge in [0.15, 0.2) is 0 Å². The molecule has 0 aliphatic rings. The van der Waals surface area contributed by atoms with Gasteiger partial charge in [-0.25, -0.2) is 9.37 Å². The molecular formula is C18H16FN3O. The number of hydrogen-bond acceptors (Lipinski definition) is 2. The Kier molecular flexibility index (Phi) is 4.47. The van der Waals surface area contributed by atoms with Crippen LogP contribution >= 0.6 is 0 Å². The largest absolute Gasteiger partial charge is 0.352 e. The van der Waals surface area contributed by atoms with Crippen LogP contribution < -0.4 is 5.32 Å². The Bertz CT molecular complexity index is 804. The molecule has 2 aromatic carbocycles. The molecule has 1 aromatic heterocycles.